The number of hydrogen-bond donors (Lipinski definition) is 0. The molecule has 1 aliphatic rings. The summed E-state index contributed by atoms with van der Waals surface area (Å²) in [4.78, 5) is 0. The van der Waals surface area contributed by atoms with Crippen LogP contribution in [-0.2, 0) is 18.8 Å². The van der Waals surface area contributed by atoms with Gasteiger partial charge in [0.25, 0.3) is 0 Å². The van der Waals surface area contributed by atoms with Crippen LogP contribution in [0.25, 0.3) is 0 Å². The summed E-state index contributed by atoms with van der Waals surface area (Å²) >= 11 is 0. The minimum atomic E-state index is -0.266. The fraction of sp³-hybridized carbons (Fsp3) is 0.867. The Hall–Kier alpha value is -0.355. The highest BCUT2D eigenvalue weighted by Gasteiger charge is 2.50. The quantitative estimate of drug-likeness (QED) is 0.408. The molecule has 0 aromatic carbocycles. The Kier molecular flexibility index (Phi) is 6.26. The van der Waals surface area contributed by atoms with Gasteiger partial charge in [-0.05, 0) is 41.0 Å². The monoisotopic (exact) mass is 284 g/mol. The summed E-state index contributed by atoms with van der Waals surface area (Å²) in [6.07, 6.45) is 4.54. The molecule has 0 bridgehead atoms. The van der Waals surface area contributed by atoms with Crippen molar-refractivity contribution in [1.29, 1.82) is 0 Å². The SMILES string of the molecule is C/C=C(/CCC(OC)OC)CB1OC(C)(C)C(C)(C)O1. The van der Waals surface area contributed by atoms with Crippen LogP contribution in [0.1, 0.15) is 47.5 Å². The number of hydrogen-bond acceptors (Lipinski definition) is 4. The van der Waals surface area contributed by atoms with E-state index in [0.29, 0.717) is 0 Å². The van der Waals surface area contributed by atoms with Crippen molar-refractivity contribution in [1.82, 2.24) is 0 Å². The lowest BCUT2D eigenvalue weighted by molar-refractivity contribution is -0.105. The van der Waals surface area contributed by atoms with Crippen LogP contribution in [-0.4, -0.2) is 38.8 Å². The zero-order valence-corrected chi connectivity index (χ0v) is 14.0. The van der Waals surface area contributed by atoms with Crippen LogP contribution < -0.4 is 0 Å². The molecule has 20 heavy (non-hydrogen) atoms. The molecule has 0 saturated carbocycles. The molecule has 0 N–H and O–H groups in total. The van der Waals surface area contributed by atoms with Gasteiger partial charge in [-0.15, -0.1) is 0 Å². The van der Waals surface area contributed by atoms with Crippen molar-refractivity contribution in [3.05, 3.63) is 11.6 Å². The van der Waals surface area contributed by atoms with Crippen molar-refractivity contribution < 1.29 is 18.8 Å². The predicted octanol–water partition coefficient (Wildman–Crippen LogP) is 3.42. The van der Waals surface area contributed by atoms with E-state index in [4.69, 9.17) is 18.8 Å². The second-order valence-electron chi connectivity index (χ2n) is 6.28. The highest BCUT2D eigenvalue weighted by molar-refractivity contribution is 6.46. The lowest BCUT2D eigenvalue weighted by Gasteiger charge is -2.32. The fourth-order valence-corrected chi connectivity index (χ4v) is 2.26. The molecular weight excluding hydrogens is 255 g/mol. The molecule has 1 fully saturated rings. The number of methoxy groups -OCH3 is 2. The molecule has 0 radical (unpaired) electrons. The first-order chi connectivity index (χ1) is 9.25. The highest BCUT2D eigenvalue weighted by Crippen LogP contribution is 2.38. The van der Waals surface area contributed by atoms with Crippen LogP contribution in [0.5, 0.6) is 0 Å². The molecule has 0 aromatic heterocycles. The van der Waals surface area contributed by atoms with Crippen molar-refractivity contribution in [2.75, 3.05) is 14.2 Å². The van der Waals surface area contributed by atoms with E-state index in [-0.39, 0.29) is 24.6 Å². The molecule has 5 heteroatoms. The van der Waals surface area contributed by atoms with Gasteiger partial charge in [-0.2, -0.15) is 0 Å². The Morgan fingerprint density at radius 2 is 1.60 bits per heavy atom. The standard InChI is InChI=1S/C15H29BO4/c1-8-12(9-10-13(17-6)18-7)11-16-19-14(2,3)15(4,5)20-16/h8,13H,9-11H2,1-7H3/b12-8-. The van der Waals surface area contributed by atoms with Crippen LogP contribution in [0.15, 0.2) is 11.6 Å². The van der Waals surface area contributed by atoms with Gasteiger partial charge < -0.3 is 18.8 Å². The van der Waals surface area contributed by atoms with Crippen LogP contribution >= 0.6 is 0 Å². The van der Waals surface area contributed by atoms with Gasteiger partial charge in [-0.25, -0.2) is 0 Å². The number of rotatable bonds is 7. The van der Waals surface area contributed by atoms with Gasteiger partial charge in [0.05, 0.1) is 11.2 Å². The Labute approximate surface area is 123 Å². The molecule has 1 saturated heterocycles. The van der Waals surface area contributed by atoms with Crippen LogP contribution in [0.2, 0.25) is 6.32 Å². The molecular formula is C15H29BO4. The Morgan fingerprint density at radius 1 is 1.10 bits per heavy atom. The van der Waals surface area contributed by atoms with E-state index in [1.54, 1.807) is 14.2 Å². The second-order valence-corrected chi connectivity index (χ2v) is 6.28. The van der Waals surface area contributed by atoms with Crippen molar-refractivity contribution in [3.63, 3.8) is 0 Å². The van der Waals surface area contributed by atoms with Gasteiger partial charge in [-0.3, -0.25) is 0 Å². The molecule has 1 heterocycles. The minimum absolute atomic E-state index is 0.150. The summed E-state index contributed by atoms with van der Waals surface area (Å²) in [5.41, 5.74) is 0.776. The Balaban J connectivity index is 2.51. The van der Waals surface area contributed by atoms with Crippen molar-refractivity contribution in [2.45, 2.75) is 71.3 Å². The van der Waals surface area contributed by atoms with E-state index in [2.05, 4.69) is 40.7 Å². The zero-order valence-electron chi connectivity index (χ0n) is 14.0. The molecule has 0 aromatic rings. The first kappa shape index (κ1) is 17.7. The molecule has 0 aliphatic carbocycles. The van der Waals surface area contributed by atoms with Gasteiger partial charge in [0.1, 0.15) is 0 Å². The van der Waals surface area contributed by atoms with Crippen LogP contribution in [0.3, 0.4) is 0 Å². The van der Waals surface area contributed by atoms with Crippen molar-refractivity contribution in [3.8, 4) is 0 Å². The lowest BCUT2D eigenvalue weighted by Crippen LogP contribution is -2.41. The van der Waals surface area contributed by atoms with Gasteiger partial charge in [-0.1, -0.05) is 11.6 Å². The summed E-state index contributed by atoms with van der Waals surface area (Å²) in [6, 6.07) is 0. The summed E-state index contributed by atoms with van der Waals surface area (Å²) in [6.45, 7) is 10.4. The zero-order chi connectivity index (χ0) is 15.4. The molecule has 4 nitrogen and oxygen atoms in total. The summed E-state index contributed by atoms with van der Waals surface area (Å²) < 4.78 is 22.5. The van der Waals surface area contributed by atoms with E-state index in [9.17, 15) is 0 Å². The average molecular weight is 284 g/mol. The fourth-order valence-electron chi connectivity index (χ4n) is 2.26. The smallest absolute Gasteiger partial charge is 0.403 e. The largest absolute Gasteiger partial charge is 0.462 e. The first-order valence-corrected chi connectivity index (χ1v) is 7.31. The average Bonchev–Trinajstić information content (AvgIpc) is 2.57. The summed E-state index contributed by atoms with van der Waals surface area (Å²) in [7, 11) is 3.16. The number of allylic oxidation sites excluding steroid dienone is 2. The van der Waals surface area contributed by atoms with E-state index >= 15 is 0 Å². The van der Waals surface area contributed by atoms with Gasteiger partial charge >= 0.3 is 7.12 Å². The lowest BCUT2D eigenvalue weighted by atomic mass is 9.79. The third-order valence-electron chi connectivity index (χ3n) is 4.37. The van der Waals surface area contributed by atoms with Gasteiger partial charge in [0, 0.05) is 27.0 Å². The van der Waals surface area contributed by atoms with Crippen LogP contribution in [0, 0.1) is 0 Å². The maximum Gasteiger partial charge on any atom is 0.462 e. The number of ether oxygens (including phenoxy) is 2. The molecule has 1 rings (SSSR count). The van der Waals surface area contributed by atoms with Crippen molar-refractivity contribution >= 4 is 7.12 Å². The van der Waals surface area contributed by atoms with Gasteiger partial charge in [0.15, 0.2) is 6.29 Å². The summed E-state index contributed by atoms with van der Waals surface area (Å²) in [5.74, 6) is 0. The molecule has 0 unspecified atom stereocenters. The first-order valence-electron chi connectivity index (χ1n) is 7.31. The molecule has 116 valence electrons. The minimum Gasteiger partial charge on any atom is -0.403 e. The normalized spacial score (nSPS) is 21.8. The maximum atomic E-state index is 6.03. The van der Waals surface area contributed by atoms with E-state index in [0.717, 1.165) is 19.2 Å². The highest BCUT2D eigenvalue weighted by atomic mass is 16.7. The van der Waals surface area contributed by atoms with Crippen molar-refractivity contribution in [2.24, 2.45) is 0 Å². The maximum absolute atomic E-state index is 6.03. The second kappa shape index (κ2) is 7.07. The molecule has 1 aliphatic heterocycles. The molecule has 0 atom stereocenters. The Morgan fingerprint density at radius 3 is 2.00 bits per heavy atom. The van der Waals surface area contributed by atoms with E-state index < -0.39 is 0 Å². The van der Waals surface area contributed by atoms with E-state index in [1.807, 2.05) is 0 Å². The third-order valence-corrected chi connectivity index (χ3v) is 4.37. The van der Waals surface area contributed by atoms with Gasteiger partial charge in [0.2, 0.25) is 0 Å². The van der Waals surface area contributed by atoms with E-state index in [1.165, 1.54) is 5.57 Å². The topological polar surface area (TPSA) is 36.9 Å². The van der Waals surface area contributed by atoms with Crippen LogP contribution in [0.4, 0.5) is 0 Å². The summed E-state index contributed by atoms with van der Waals surface area (Å²) in [5, 5.41) is 0. The Bertz CT molecular complexity index is 319. The molecule has 0 spiro atoms. The third kappa shape index (κ3) is 4.32. The predicted molar refractivity (Wildman–Crippen MR) is 81.7 cm³/mol. The molecule has 0 amide bonds.